The molecule has 9 nitrogen and oxygen atoms in total. The maximum Gasteiger partial charge on any atom is 0.274 e. The highest BCUT2D eigenvalue weighted by Crippen LogP contribution is 2.36. The number of rotatable bonds is 8. The van der Waals surface area contributed by atoms with E-state index in [0.29, 0.717) is 29.5 Å². The third kappa shape index (κ3) is 4.24. The quantitative estimate of drug-likeness (QED) is 0.564. The molecule has 0 aliphatic heterocycles. The minimum absolute atomic E-state index is 0.106. The van der Waals surface area contributed by atoms with Gasteiger partial charge in [0.05, 0.1) is 19.9 Å². The highest BCUT2D eigenvalue weighted by molar-refractivity contribution is 5.92. The molecule has 0 aliphatic rings. The Morgan fingerprint density at radius 2 is 1.77 bits per heavy atom. The van der Waals surface area contributed by atoms with Crippen LogP contribution >= 0.6 is 0 Å². The molecule has 0 fully saturated rings. The summed E-state index contributed by atoms with van der Waals surface area (Å²) in [5, 5.41) is 8.75. The van der Waals surface area contributed by atoms with Crippen molar-refractivity contribution in [2.75, 3.05) is 21.3 Å². The Hall–Kier alpha value is -3.49. The monoisotopic (exact) mass is 413 g/mol. The zero-order valence-electron chi connectivity index (χ0n) is 18.2. The molecule has 0 saturated carbocycles. The fourth-order valence-corrected chi connectivity index (χ4v) is 3.19. The predicted octanol–water partition coefficient (Wildman–Crippen LogP) is 2.56. The second-order valence-electron chi connectivity index (χ2n) is 6.94. The van der Waals surface area contributed by atoms with E-state index in [1.807, 2.05) is 31.6 Å². The molecule has 3 rings (SSSR count). The van der Waals surface area contributed by atoms with Gasteiger partial charge in [-0.1, -0.05) is 6.07 Å². The molecular weight excluding hydrogens is 386 g/mol. The number of carbonyl (C=O) groups excluding carboxylic acids is 1. The molecule has 0 atom stereocenters. The minimum atomic E-state index is -0.175. The summed E-state index contributed by atoms with van der Waals surface area (Å²) in [6.07, 6.45) is 1.70. The molecule has 9 heteroatoms. The summed E-state index contributed by atoms with van der Waals surface area (Å²) in [5.74, 6) is 1.41. The number of nitrogens with zero attached hydrogens (tertiary/aromatic N) is 5. The Balaban J connectivity index is 1.68. The maximum atomic E-state index is 12.8. The average molecular weight is 413 g/mol. The van der Waals surface area contributed by atoms with Crippen molar-refractivity contribution in [1.82, 2.24) is 24.5 Å². The van der Waals surface area contributed by atoms with Crippen molar-refractivity contribution in [3.63, 3.8) is 0 Å². The van der Waals surface area contributed by atoms with Crippen LogP contribution in [0.15, 0.2) is 30.5 Å². The third-order valence-corrected chi connectivity index (χ3v) is 4.98. The second kappa shape index (κ2) is 8.89. The topological polar surface area (TPSA) is 83.6 Å². The summed E-state index contributed by atoms with van der Waals surface area (Å²) in [4.78, 5) is 14.4. The Kier molecular flexibility index (Phi) is 6.29. The first-order chi connectivity index (χ1) is 14.3. The van der Waals surface area contributed by atoms with E-state index < -0.39 is 0 Å². The molecule has 0 radical (unpaired) electrons. The van der Waals surface area contributed by atoms with Crippen molar-refractivity contribution in [2.45, 2.75) is 27.1 Å². The predicted molar refractivity (Wildman–Crippen MR) is 111 cm³/mol. The van der Waals surface area contributed by atoms with Crippen molar-refractivity contribution in [2.24, 2.45) is 7.05 Å². The number of hydrogen-bond donors (Lipinski definition) is 0. The van der Waals surface area contributed by atoms with E-state index >= 15 is 0 Å². The van der Waals surface area contributed by atoms with Gasteiger partial charge < -0.3 is 19.1 Å². The summed E-state index contributed by atoms with van der Waals surface area (Å²) in [6, 6.07) is 7.06. The van der Waals surface area contributed by atoms with Gasteiger partial charge in [0, 0.05) is 38.1 Å². The van der Waals surface area contributed by atoms with E-state index in [0.717, 1.165) is 17.0 Å². The second-order valence-corrected chi connectivity index (χ2v) is 6.94. The van der Waals surface area contributed by atoms with Gasteiger partial charge in [-0.2, -0.15) is 10.2 Å². The van der Waals surface area contributed by atoms with Crippen LogP contribution in [0.3, 0.4) is 0 Å². The van der Waals surface area contributed by atoms with E-state index in [9.17, 15) is 4.79 Å². The van der Waals surface area contributed by atoms with Crippen molar-refractivity contribution >= 4 is 5.91 Å². The Labute approximate surface area is 175 Å². The van der Waals surface area contributed by atoms with Gasteiger partial charge in [-0.3, -0.25) is 9.48 Å². The maximum absolute atomic E-state index is 12.8. The SMILES string of the molecule is COc1cccc(OC)c1OCn1ccc(C(=O)N(C)Cc2c(C)nn(C)c2C)n1. The fraction of sp³-hybridized carbons (Fsp3) is 0.381. The molecule has 1 amide bonds. The summed E-state index contributed by atoms with van der Waals surface area (Å²) in [5.41, 5.74) is 3.34. The molecule has 0 bridgehead atoms. The van der Waals surface area contributed by atoms with Gasteiger partial charge in [0.15, 0.2) is 23.9 Å². The number of benzene rings is 1. The van der Waals surface area contributed by atoms with E-state index in [4.69, 9.17) is 14.2 Å². The van der Waals surface area contributed by atoms with Crippen LogP contribution < -0.4 is 14.2 Å². The van der Waals surface area contributed by atoms with Crippen LogP contribution in [-0.4, -0.2) is 51.6 Å². The number of ether oxygens (including phenoxy) is 3. The smallest absolute Gasteiger partial charge is 0.274 e. The van der Waals surface area contributed by atoms with Crippen molar-refractivity contribution < 1.29 is 19.0 Å². The molecule has 0 spiro atoms. The largest absolute Gasteiger partial charge is 0.493 e. The number of carbonyl (C=O) groups is 1. The molecule has 30 heavy (non-hydrogen) atoms. The zero-order chi connectivity index (χ0) is 21.8. The molecule has 2 aromatic heterocycles. The lowest BCUT2D eigenvalue weighted by atomic mass is 10.2. The number of amides is 1. The Morgan fingerprint density at radius 1 is 1.10 bits per heavy atom. The number of methoxy groups -OCH3 is 2. The van der Waals surface area contributed by atoms with Crippen LogP contribution in [0.4, 0.5) is 0 Å². The summed E-state index contributed by atoms with van der Waals surface area (Å²) in [7, 11) is 6.77. The molecule has 0 aliphatic carbocycles. The molecular formula is C21H27N5O4. The highest BCUT2D eigenvalue weighted by Gasteiger charge is 2.19. The summed E-state index contributed by atoms with van der Waals surface area (Å²) < 4.78 is 19.9. The molecule has 0 saturated heterocycles. The lowest BCUT2D eigenvalue weighted by Crippen LogP contribution is -2.27. The normalized spacial score (nSPS) is 10.7. The van der Waals surface area contributed by atoms with Crippen molar-refractivity contribution in [1.29, 1.82) is 0 Å². The molecule has 1 aromatic carbocycles. The van der Waals surface area contributed by atoms with Crippen LogP contribution in [0.2, 0.25) is 0 Å². The first-order valence-electron chi connectivity index (χ1n) is 9.47. The zero-order valence-corrected chi connectivity index (χ0v) is 18.2. The van der Waals surface area contributed by atoms with E-state index in [2.05, 4.69) is 10.2 Å². The highest BCUT2D eigenvalue weighted by atomic mass is 16.5. The van der Waals surface area contributed by atoms with E-state index in [-0.39, 0.29) is 12.6 Å². The van der Waals surface area contributed by atoms with Crippen LogP contribution in [0.25, 0.3) is 0 Å². The average Bonchev–Trinajstić information content (AvgIpc) is 3.31. The standard InChI is InChI=1S/C21H27N5O4/c1-14-16(15(2)25(4)22-14)12-24(3)21(27)17-10-11-26(23-17)13-30-20-18(28-5)8-7-9-19(20)29-6/h7-11H,12-13H2,1-6H3. The molecule has 2 heterocycles. The number of para-hydroxylation sites is 1. The van der Waals surface area contributed by atoms with Gasteiger partial charge in [0.1, 0.15) is 0 Å². The van der Waals surface area contributed by atoms with E-state index in [1.54, 1.807) is 55.2 Å². The van der Waals surface area contributed by atoms with Gasteiger partial charge in [-0.05, 0) is 32.0 Å². The molecule has 0 N–H and O–H groups in total. The van der Waals surface area contributed by atoms with Gasteiger partial charge in [-0.15, -0.1) is 0 Å². The van der Waals surface area contributed by atoms with E-state index in [1.165, 1.54) is 0 Å². The number of hydrogen-bond acceptors (Lipinski definition) is 6. The van der Waals surface area contributed by atoms with Crippen LogP contribution in [0.1, 0.15) is 27.4 Å². The van der Waals surface area contributed by atoms with Crippen molar-refractivity contribution in [3.8, 4) is 17.2 Å². The van der Waals surface area contributed by atoms with Crippen molar-refractivity contribution in [3.05, 3.63) is 53.1 Å². The third-order valence-electron chi connectivity index (χ3n) is 4.98. The van der Waals surface area contributed by atoms with Gasteiger partial charge in [0.25, 0.3) is 5.91 Å². The van der Waals surface area contributed by atoms with Gasteiger partial charge >= 0.3 is 0 Å². The van der Waals surface area contributed by atoms with Crippen LogP contribution in [0.5, 0.6) is 17.2 Å². The fourth-order valence-electron chi connectivity index (χ4n) is 3.19. The minimum Gasteiger partial charge on any atom is -0.493 e. The number of aromatic nitrogens is 4. The molecule has 3 aromatic rings. The first kappa shape index (κ1) is 21.2. The van der Waals surface area contributed by atoms with Crippen LogP contribution in [-0.2, 0) is 20.3 Å². The Bertz CT molecular complexity index is 1020. The summed E-state index contributed by atoms with van der Waals surface area (Å²) in [6.45, 7) is 4.51. The summed E-state index contributed by atoms with van der Waals surface area (Å²) >= 11 is 0. The lowest BCUT2D eigenvalue weighted by molar-refractivity contribution is 0.0776. The number of aryl methyl sites for hydroxylation is 2. The molecule has 160 valence electrons. The molecule has 0 unspecified atom stereocenters. The Morgan fingerprint density at radius 3 is 2.33 bits per heavy atom. The van der Waals surface area contributed by atoms with Gasteiger partial charge in [0.2, 0.25) is 5.75 Å². The van der Waals surface area contributed by atoms with Crippen LogP contribution in [0, 0.1) is 13.8 Å². The van der Waals surface area contributed by atoms with Gasteiger partial charge in [-0.25, -0.2) is 4.68 Å². The first-order valence-corrected chi connectivity index (χ1v) is 9.47. The lowest BCUT2D eigenvalue weighted by Gasteiger charge is -2.16.